The number of ether oxygens (including phenoxy) is 4. The van der Waals surface area contributed by atoms with Crippen LogP contribution < -0.4 is 29.8 Å². The second-order valence-corrected chi connectivity index (χ2v) is 7.47. The highest BCUT2D eigenvalue weighted by atomic mass is 16.5. The van der Waals surface area contributed by atoms with Crippen LogP contribution in [0.3, 0.4) is 0 Å². The molecule has 0 spiro atoms. The van der Waals surface area contributed by atoms with Gasteiger partial charge < -0.3 is 33.4 Å². The van der Waals surface area contributed by atoms with Crippen molar-refractivity contribution < 1.29 is 28.3 Å². The summed E-state index contributed by atoms with van der Waals surface area (Å²) in [6.45, 7) is -0.225. The molecule has 2 aromatic carbocycles. The van der Waals surface area contributed by atoms with E-state index in [1.54, 1.807) is 55.6 Å². The van der Waals surface area contributed by atoms with Crippen LogP contribution in [0.25, 0.3) is 22.8 Å². The molecule has 0 saturated heterocycles. The number of amides is 1. The largest absolute Gasteiger partial charge is 0.493 e. The zero-order chi connectivity index (χ0) is 25.7. The van der Waals surface area contributed by atoms with Crippen LogP contribution in [0.4, 0.5) is 5.69 Å². The number of aromatic nitrogens is 3. The topological polar surface area (TPSA) is 127 Å². The minimum absolute atomic E-state index is 0.0273. The monoisotopic (exact) mass is 492 g/mol. The predicted molar refractivity (Wildman–Crippen MR) is 131 cm³/mol. The third kappa shape index (κ3) is 4.99. The number of hydrogen-bond acceptors (Lipinski definition) is 9. The van der Waals surface area contributed by atoms with E-state index in [9.17, 15) is 9.59 Å². The van der Waals surface area contributed by atoms with Gasteiger partial charge in [0.15, 0.2) is 23.0 Å². The van der Waals surface area contributed by atoms with Gasteiger partial charge in [-0.25, -0.2) is 0 Å². The summed E-state index contributed by atoms with van der Waals surface area (Å²) in [5.74, 6) is 1.96. The van der Waals surface area contributed by atoms with E-state index in [1.165, 1.54) is 32.1 Å². The Kier molecular flexibility index (Phi) is 7.19. The van der Waals surface area contributed by atoms with Crippen molar-refractivity contribution in [2.75, 3.05) is 33.8 Å². The summed E-state index contributed by atoms with van der Waals surface area (Å²) < 4.78 is 27.6. The Labute approximate surface area is 206 Å². The number of methoxy groups -OCH3 is 4. The molecule has 1 amide bonds. The smallest absolute Gasteiger partial charge is 0.263 e. The summed E-state index contributed by atoms with van der Waals surface area (Å²) in [5.41, 5.74) is 0.824. The number of nitrogens with one attached hydrogen (secondary N) is 1. The first-order chi connectivity index (χ1) is 17.5. The highest BCUT2D eigenvalue weighted by Crippen LogP contribution is 2.32. The minimum Gasteiger partial charge on any atom is -0.493 e. The third-order valence-electron chi connectivity index (χ3n) is 5.30. The third-order valence-corrected chi connectivity index (χ3v) is 5.30. The maximum Gasteiger partial charge on any atom is 0.263 e. The molecule has 0 aliphatic rings. The number of carbonyl (C=O) groups is 1. The number of benzene rings is 2. The van der Waals surface area contributed by atoms with Gasteiger partial charge in [-0.3, -0.25) is 9.59 Å². The normalized spacial score (nSPS) is 10.6. The zero-order valence-corrected chi connectivity index (χ0v) is 20.1. The maximum absolute atomic E-state index is 13.1. The van der Waals surface area contributed by atoms with E-state index in [0.29, 0.717) is 34.2 Å². The molecule has 1 N–H and O–H groups in total. The second-order valence-electron chi connectivity index (χ2n) is 7.47. The fraction of sp³-hybridized carbons (Fsp3) is 0.200. The molecule has 4 aromatic rings. The van der Waals surface area contributed by atoms with E-state index in [1.807, 2.05) is 0 Å². The van der Waals surface area contributed by atoms with Crippen molar-refractivity contribution in [1.82, 2.24) is 14.7 Å². The van der Waals surface area contributed by atoms with Crippen LogP contribution in [0.15, 0.2) is 64.0 Å². The minimum atomic E-state index is -0.456. The van der Waals surface area contributed by atoms with Crippen molar-refractivity contribution in [2.45, 2.75) is 6.54 Å². The first kappa shape index (κ1) is 24.3. The lowest BCUT2D eigenvalue weighted by molar-refractivity contribution is -0.116. The van der Waals surface area contributed by atoms with Crippen LogP contribution in [-0.2, 0) is 11.3 Å². The molecule has 11 heteroatoms. The summed E-state index contributed by atoms with van der Waals surface area (Å²) in [4.78, 5) is 30.0. The van der Waals surface area contributed by atoms with E-state index >= 15 is 0 Å². The van der Waals surface area contributed by atoms with Crippen LogP contribution in [0.5, 0.6) is 23.0 Å². The highest BCUT2D eigenvalue weighted by molar-refractivity contribution is 5.91. The number of anilines is 1. The molecular weight excluding hydrogens is 468 g/mol. The molecule has 0 saturated carbocycles. The van der Waals surface area contributed by atoms with Gasteiger partial charge in [0.05, 0.1) is 28.4 Å². The van der Waals surface area contributed by atoms with Crippen molar-refractivity contribution in [1.29, 1.82) is 0 Å². The van der Waals surface area contributed by atoms with Crippen molar-refractivity contribution in [2.24, 2.45) is 0 Å². The van der Waals surface area contributed by atoms with Crippen LogP contribution in [0.1, 0.15) is 0 Å². The first-order valence-electron chi connectivity index (χ1n) is 10.7. The number of rotatable bonds is 9. The second kappa shape index (κ2) is 10.6. The molecule has 36 heavy (non-hydrogen) atoms. The molecular formula is C25H24N4O7. The summed E-state index contributed by atoms with van der Waals surface area (Å²) in [5, 5.41) is 6.72. The molecule has 4 rings (SSSR count). The van der Waals surface area contributed by atoms with Crippen molar-refractivity contribution >= 4 is 11.6 Å². The van der Waals surface area contributed by atoms with E-state index in [4.69, 9.17) is 23.5 Å². The lowest BCUT2D eigenvalue weighted by atomic mass is 10.2. The molecule has 2 aromatic heterocycles. The Balaban J connectivity index is 1.54. The molecule has 0 bridgehead atoms. The first-order valence-corrected chi connectivity index (χ1v) is 10.7. The number of nitrogens with zero attached hydrogens (tertiary/aromatic N) is 3. The van der Waals surface area contributed by atoms with Gasteiger partial charge >= 0.3 is 0 Å². The lowest BCUT2D eigenvalue weighted by Crippen LogP contribution is -2.28. The summed E-state index contributed by atoms with van der Waals surface area (Å²) in [6.07, 6.45) is 1.51. The van der Waals surface area contributed by atoms with Gasteiger partial charge in [-0.2, -0.15) is 4.98 Å². The Bertz CT molecular complexity index is 1440. The average molecular weight is 492 g/mol. The van der Waals surface area contributed by atoms with Gasteiger partial charge in [-0.15, -0.1) is 0 Å². The molecule has 0 aliphatic heterocycles. The van der Waals surface area contributed by atoms with Gasteiger partial charge in [0.2, 0.25) is 11.7 Å². The van der Waals surface area contributed by atoms with Crippen molar-refractivity contribution in [3.05, 3.63) is 65.1 Å². The van der Waals surface area contributed by atoms with Crippen LogP contribution >= 0.6 is 0 Å². The quantitative estimate of drug-likeness (QED) is 0.375. The molecule has 186 valence electrons. The fourth-order valence-corrected chi connectivity index (χ4v) is 3.52. The Morgan fingerprint density at radius 3 is 2.28 bits per heavy atom. The van der Waals surface area contributed by atoms with Crippen LogP contribution in [0.2, 0.25) is 0 Å². The van der Waals surface area contributed by atoms with Crippen molar-refractivity contribution in [3.63, 3.8) is 0 Å². The summed E-state index contributed by atoms with van der Waals surface area (Å²) in [6, 6.07) is 13.3. The Morgan fingerprint density at radius 2 is 1.58 bits per heavy atom. The fourth-order valence-electron chi connectivity index (χ4n) is 3.52. The highest BCUT2D eigenvalue weighted by Gasteiger charge is 2.17. The summed E-state index contributed by atoms with van der Waals surface area (Å²) >= 11 is 0. The Morgan fingerprint density at radius 1 is 0.917 bits per heavy atom. The predicted octanol–water partition coefficient (Wildman–Crippen LogP) is 3.24. The number of pyridine rings is 1. The van der Waals surface area contributed by atoms with Gasteiger partial charge in [0.25, 0.3) is 11.4 Å². The molecule has 2 heterocycles. The molecule has 0 fully saturated rings. The lowest BCUT2D eigenvalue weighted by Gasteiger charge is -2.11. The number of carbonyl (C=O) groups excluding carboxylic acids is 1. The van der Waals surface area contributed by atoms with E-state index < -0.39 is 11.5 Å². The van der Waals surface area contributed by atoms with Crippen LogP contribution in [0, 0.1) is 0 Å². The molecule has 11 nitrogen and oxygen atoms in total. The zero-order valence-electron chi connectivity index (χ0n) is 20.1. The van der Waals surface area contributed by atoms with Gasteiger partial charge in [0.1, 0.15) is 12.1 Å². The number of hydrogen-bond donors (Lipinski definition) is 1. The summed E-state index contributed by atoms with van der Waals surface area (Å²) in [7, 11) is 6.09. The molecule has 0 aliphatic carbocycles. The maximum atomic E-state index is 13.1. The molecule has 0 radical (unpaired) electrons. The van der Waals surface area contributed by atoms with Crippen LogP contribution in [-0.4, -0.2) is 49.1 Å². The van der Waals surface area contributed by atoms with Gasteiger partial charge in [-0.1, -0.05) is 5.16 Å². The molecule has 0 atom stereocenters. The van der Waals surface area contributed by atoms with Crippen molar-refractivity contribution in [3.8, 4) is 45.8 Å². The van der Waals surface area contributed by atoms with E-state index in [0.717, 1.165) is 0 Å². The standard InChI is InChI=1S/C25H24N4O7/c1-32-18-9-7-15(12-20(18)34-3)23-27-24(36-28-23)17-6-5-11-29(25(17)31)14-22(30)26-16-8-10-19(33-2)21(13-16)35-4/h5-13H,14H2,1-4H3,(H,26,30). The van der Waals surface area contributed by atoms with E-state index in [2.05, 4.69) is 15.5 Å². The SMILES string of the molecule is COc1ccc(NC(=O)Cn2cccc(-c3nc(-c4ccc(OC)c(OC)c4)no3)c2=O)cc1OC. The average Bonchev–Trinajstić information content (AvgIpc) is 3.39. The van der Waals surface area contributed by atoms with Gasteiger partial charge in [-0.05, 0) is 42.5 Å². The van der Waals surface area contributed by atoms with Gasteiger partial charge in [0, 0.05) is 23.5 Å². The van der Waals surface area contributed by atoms with E-state index in [-0.39, 0.29) is 23.8 Å². The Hall–Kier alpha value is -4.80. The molecule has 0 unspecified atom stereocenters.